The number of fused-ring (bicyclic) bond motifs is 1. The lowest BCUT2D eigenvalue weighted by atomic mass is 10.1. The molecule has 2 aromatic carbocycles. The number of rotatable bonds is 9. The van der Waals surface area contributed by atoms with E-state index >= 15 is 0 Å². The fourth-order valence-electron chi connectivity index (χ4n) is 3.51. The third-order valence-corrected chi connectivity index (χ3v) is 5.17. The van der Waals surface area contributed by atoms with Gasteiger partial charge in [-0.1, -0.05) is 42.5 Å². The number of hydrogen-bond acceptors (Lipinski definition) is 7. The Labute approximate surface area is 190 Å². The number of nitrogens with one attached hydrogen (secondary N) is 2. The molecule has 0 aliphatic carbocycles. The van der Waals surface area contributed by atoms with Gasteiger partial charge in [0.25, 0.3) is 5.91 Å². The van der Waals surface area contributed by atoms with Crippen molar-refractivity contribution in [3.05, 3.63) is 83.8 Å². The van der Waals surface area contributed by atoms with E-state index in [1.165, 1.54) is 19.0 Å². The molecule has 4 aromatic rings. The molecule has 1 amide bonds. The van der Waals surface area contributed by atoms with Crippen LogP contribution in [-0.4, -0.2) is 51.8 Å². The highest BCUT2D eigenvalue weighted by atomic mass is 16.5. The fourth-order valence-corrected chi connectivity index (χ4v) is 3.51. The highest BCUT2D eigenvalue weighted by Crippen LogP contribution is 2.18. The van der Waals surface area contributed by atoms with Gasteiger partial charge in [0.2, 0.25) is 0 Å². The molecule has 0 fully saturated rings. The first-order valence-electron chi connectivity index (χ1n) is 10.6. The Kier molecular flexibility index (Phi) is 6.89. The molecule has 0 aliphatic rings. The van der Waals surface area contributed by atoms with Crippen LogP contribution in [0.15, 0.2) is 67.1 Å². The minimum Gasteiger partial charge on any atom is -0.465 e. The number of aromatic nitrogens is 4. The van der Waals surface area contributed by atoms with Crippen LogP contribution in [-0.2, 0) is 17.7 Å². The zero-order chi connectivity index (χ0) is 23.0. The van der Waals surface area contributed by atoms with Crippen molar-refractivity contribution >= 4 is 28.7 Å². The van der Waals surface area contributed by atoms with Gasteiger partial charge in [0, 0.05) is 13.1 Å². The van der Waals surface area contributed by atoms with Crippen LogP contribution in [0.1, 0.15) is 26.3 Å². The van der Waals surface area contributed by atoms with E-state index in [-0.39, 0.29) is 17.0 Å². The highest BCUT2D eigenvalue weighted by molar-refractivity contribution is 6.05. The smallest absolute Gasteiger partial charge is 0.338 e. The zero-order valence-corrected chi connectivity index (χ0v) is 18.2. The number of carbonyl (C=O) groups is 2. The predicted octanol–water partition coefficient (Wildman–Crippen LogP) is 2.70. The first-order chi connectivity index (χ1) is 16.2. The molecule has 0 bridgehead atoms. The van der Waals surface area contributed by atoms with Crippen molar-refractivity contribution in [1.82, 2.24) is 25.1 Å². The Balaban J connectivity index is 1.37. The number of esters is 1. The number of amides is 1. The molecule has 0 atom stereocenters. The molecule has 33 heavy (non-hydrogen) atoms. The Morgan fingerprint density at radius 2 is 1.73 bits per heavy atom. The lowest BCUT2D eigenvalue weighted by Gasteiger charge is -2.09. The SMILES string of the molecule is COC(=O)c1ccccc1C(=O)NCCn1ncc2c(NCCc3ccccc3)ncnc21. The summed E-state index contributed by atoms with van der Waals surface area (Å²) < 4.78 is 6.46. The van der Waals surface area contributed by atoms with Crippen molar-refractivity contribution in [3.63, 3.8) is 0 Å². The molecule has 0 radical (unpaired) electrons. The van der Waals surface area contributed by atoms with Crippen LogP contribution < -0.4 is 10.6 Å². The van der Waals surface area contributed by atoms with E-state index in [0.717, 1.165) is 24.2 Å². The van der Waals surface area contributed by atoms with Gasteiger partial charge in [-0.15, -0.1) is 0 Å². The Morgan fingerprint density at radius 3 is 2.52 bits per heavy atom. The van der Waals surface area contributed by atoms with Crippen molar-refractivity contribution in [3.8, 4) is 0 Å². The van der Waals surface area contributed by atoms with Gasteiger partial charge >= 0.3 is 5.97 Å². The summed E-state index contributed by atoms with van der Waals surface area (Å²) in [4.78, 5) is 33.2. The number of hydrogen-bond donors (Lipinski definition) is 2. The molecule has 0 spiro atoms. The average molecular weight is 444 g/mol. The molecule has 0 saturated carbocycles. The van der Waals surface area contributed by atoms with Crippen LogP contribution >= 0.6 is 0 Å². The second-order valence-corrected chi connectivity index (χ2v) is 7.28. The van der Waals surface area contributed by atoms with Gasteiger partial charge in [0.15, 0.2) is 5.65 Å². The lowest BCUT2D eigenvalue weighted by Crippen LogP contribution is -2.29. The van der Waals surface area contributed by atoms with Gasteiger partial charge < -0.3 is 15.4 Å². The van der Waals surface area contributed by atoms with E-state index in [1.54, 1.807) is 35.1 Å². The summed E-state index contributed by atoms with van der Waals surface area (Å²) in [6.07, 6.45) is 4.09. The standard InChI is InChI=1S/C24H24N6O3/c1-33-24(32)19-10-6-5-9-18(19)23(31)26-13-14-30-22-20(15-29-30)21(27-16-28-22)25-12-11-17-7-3-2-4-8-17/h2-10,15-16H,11-14H2,1H3,(H,26,31)(H,25,27,28). The van der Waals surface area contributed by atoms with Crippen LogP contribution in [0.25, 0.3) is 11.0 Å². The van der Waals surface area contributed by atoms with Gasteiger partial charge in [0.1, 0.15) is 12.1 Å². The molecule has 0 unspecified atom stereocenters. The topological polar surface area (TPSA) is 111 Å². The molecule has 9 nitrogen and oxygen atoms in total. The number of anilines is 1. The number of carbonyl (C=O) groups excluding carboxylic acids is 2. The second kappa shape index (κ2) is 10.4. The van der Waals surface area contributed by atoms with Crippen molar-refractivity contribution in [1.29, 1.82) is 0 Å². The number of ether oxygens (including phenoxy) is 1. The normalized spacial score (nSPS) is 10.7. The molecular formula is C24H24N6O3. The molecule has 9 heteroatoms. The van der Waals surface area contributed by atoms with Crippen molar-refractivity contribution in [2.24, 2.45) is 0 Å². The third kappa shape index (κ3) is 5.15. The van der Waals surface area contributed by atoms with E-state index in [1.807, 2.05) is 18.2 Å². The van der Waals surface area contributed by atoms with E-state index in [0.29, 0.717) is 18.7 Å². The van der Waals surface area contributed by atoms with Crippen LogP contribution in [0.3, 0.4) is 0 Å². The monoisotopic (exact) mass is 444 g/mol. The maximum Gasteiger partial charge on any atom is 0.338 e. The van der Waals surface area contributed by atoms with E-state index < -0.39 is 5.97 Å². The summed E-state index contributed by atoms with van der Waals surface area (Å²) in [5.41, 5.74) is 2.41. The van der Waals surface area contributed by atoms with E-state index in [4.69, 9.17) is 4.74 Å². The molecule has 0 aliphatic heterocycles. The predicted molar refractivity (Wildman–Crippen MR) is 124 cm³/mol. The quantitative estimate of drug-likeness (QED) is 0.382. The molecule has 168 valence electrons. The summed E-state index contributed by atoms with van der Waals surface area (Å²) >= 11 is 0. The van der Waals surface area contributed by atoms with Crippen LogP contribution in [0.2, 0.25) is 0 Å². The van der Waals surface area contributed by atoms with E-state index in [2.05, 4.69) is 37.8 Å². The number of methoxy groups -OCH3 is 1. The number of benzene rings is 2. The maximum absolute atomic E-state index is 12.6. The minimum absolute atomic E-state index is 0.223. The summed E-state index contributed by atoms with van der Waals surface area (Å²) in [5, 5.41) is 11.4. The van der Waals surface area contributed by atoms with Gasteiger partial charge in [-0.05, 0) is 24.1 Å². The Morgan fingerprint density at radius 1 is 0.970 bits per heavy atom. The van der Waals surface area contributed by atoms with Crippen LogP contribution in [0.5, 0.6) is 0 Å². The molecular weight excluding hydrogens is 420 g/mol. The minimum atomic E-state index is -0.553. The number of nitrogens with zero attached hydrogens (tertiary/aromatic N) is 4. The van der Waals surface area contributed by atoms with Gasteiger partial charge in [0.05, 0.1) is 36.4 Å². The summed E-state index contributed by atoms with van der Waals surface area (Å²) in [6.45, 7) is 1.46. The molecule has 2 aromatic heterocycles. The summed E-state index contributed by atoms with van der Waals surface area (Å²) in [7, 11) is 1.28. The Bertz CT molecular complexity index is 1260. The van der Waals surface area contributed by atoms with Gasteiger partial charge in [-0.25, -0.2) is 19.4 Å². The molecule has 2 N–H and O–H groups in total. The van der Waals surface area contributed by atoms with Gasteiger partial charge in [-0.2, -0.15) is 5.10 Å². The zero-order valence-electron chi connectivity index (χ0n) is 18.2. The maximum atomic E-state index is 12.6. The van der Waals surface area contributed by atoms with E-state index in [9.17, 15) is 9.59 Å². The largest absolute Gasteiger partial charge is 0.465 e. The molecule has 2 heterocycles. The summed E-state index contributed by atoms with van der Waals surface area (Å²) in [5.74, 6) is -0.189. The molecule has 0 saturated heterocycles. The van der Waals surface area contributed by atoms with Crippen LogP contribution in [0, 0.1) is 0 Å². The third-order valence-electron chi connectivity index (χ3n) is 5.17. The molecule has 4 rings (SSSR count). The average Bonchev–Trinajstić information content (AvgIpc) is 3.28. The Hall–Kier alpha value is -4.27. The van der Waals surface area contributed by atoms with Gasteiger partial charge in [-0.3, -0.25) is 4.79 Å². The van der Waals surface area contributed by atoms with Crippen LogP contribution in [0.4, 0.5) is 5.82 Å². The fraction of sp³-hybridized carbons (Fsp3) is 0.208. The second-order valence-electron chi connectivity index (χ2n) is 7.28. The van der Waals surface area contributed by atoms with Crippen molar-refractivity contribution < 1.29 is 14.3 Å². The lowest BCUT2D eigenvalue weighted by molar-refractivity contribution is 0.0596. The summed E-state index contributed by atoms with van der Waals surface area (Å²) in [6, 6.07) is 16.8. The van der Waals surface area contributed by atoms with Crippen molar-refractivity contribution in [2.75, 3.05) is 25.5 Å². The highest BCUT2D eigenvalue weighted by Gasteiger charge is 2.17. The first-order valence-corrected chi connectivity index (χ1v) is 10.6. The first kappa shape index (κ1) is 21.9. The van der Waals surface area contributed by atoms with Crippen molar-refractivity contribution in [2.45, 2.75) is 13.0 Å².